The van der Waals surface area contributed by atoms with E-state index in [4.69, 9.17) is 11.6 Å². The third-order valence-electron chi connectivity index (χ3n) is 2.63. The summed E-state index contributed by atoms with van der Waals surface area (Å²) in [5, 5.41) is 11.8. The van der Waals surface area contributed by atoms with E-state index in [1.54, 1.807) is 6.92 Å². The molecule has 0 fully saturated rings. The van der Waals surface area contributed by atoms with Crippen molar-refractivity contribution in [1.29, 1.82) is 0 Å². The predicted molar refractivity (Wildman–Crippen MR) is 72.2 cm³/mol. The number of benzene rings is 2. The van der Waals surface area contributed by atoms with Crippen molar-refractivity contribution in [2.45, 2.75) is 6.92 Å². The molecule has 2 rings (SSSR count). The Balaban J connectivity index is 2.23. The fourth-order valence-electron chi connectivity index (χ4n) is 1.67. The Morgan fingerprint density at radius 3 is 2.63 bits per heavy atom. The number of phenols is 1. The first-order valence-corrected chi connectivity index (χ1v) is 5.91. The van der Waals surface area contributed by atoms with Crippen molar-refractivity contribution in [3.63, 3.8) is 0 Å². The van der Waals surface area contributed by atoms with Crippen molar-refractivity contribution >= 4 is 23.2 Å². The Labute approximate surface area is 114 Å². The van der Waals surface area contributed by atoms with Crippen LogP contribution >= 0.6 is 11.6 Å². The summed E-state index contributed by atoms with van der Waals surface area (Å²) < 4.78 is 13.2. The van der Waals surface area contributed by atoms with Crippen LogP contribution < -0.4 is 5.32 Å². The second kappa shape index (κ2) is 5.28. The minimum absolute atomic E-state index is 0.00110. The lowest BCUT2D eigenvalue weighted by atomic mass is 10.1. The minimum Gasteiger partial charge on any atom is -0.508 e. The molecule has 0 radical (unpaired) electrons. The van der Waals surface area contributed by atoms with Gasteiger partial charge in [0.1, 0.15) is 11.6 Å². The van der Waals surface area contributed by atoms with Gasteiger partial charge in [-0.3, -0.25) is 4.79 Å². The Morgan fingerprint density at radius 1 is 1.26 bits per heavy atom. The molecule has 0 bridgehead atoms. The average molecular weight is 280 g/mol. The summed E-state index contributed by atoms with van der Waals surface area (Å²) >= 11 is 5.56. The first-order chi connectivity index (χ1) is 8.97. The number of aromatic hydroxyl groups is 1. The molecule has 5 heteroatoms. The van der Waals surface area contributed by atoms with Gasteiger partial charge in [0.15, 0.2) is 0 Å². The van der Waals surface area contributed by atoms with Crippen LogP contribution in [0.25, 0.3) is 0 Å². The van der Waals surface area contributed by atoms with Crippen molar-refractivity contribution in [2.24, 2.45) is 0 Å². The van der Waals surface area contributed by atoms with Crippen LogP contribution in [0.5, 0.6) is 5.75 Å². The van der Waals surface area contributed by atoms with Crippen LogP contribution in [-0.4, -0.2) is 11.0 Å². The van der Waals surface area contributed by atoms with Gasteiger partial charge in [0, 0.05) is 11.3 Å². The molecule has 0 saturated carbocycles. The molecule has 0 spiro atoms. The standard InChI is InChI=1S/C14H11ClFNO2/c1-8-6-10(18)3-4-11(8)14(19)17-9-2-5-12(15)13(16)7-9/h2-7,18H,1H3,(H,17,19). The summed E-state index contributed by atoms with van der Waals surface area (Å²) in [5.41, 5.74) is 1.36. The zero-order valence-electron chi connectivity index (χ0n) is 10.1. The van der Waals surface area contributed by atoms with Crippen molar-refractivity contribution in [3.8, 4) is 5.75 Å². The molecular formula is C14H11ClFNO2. The van der Waals surface area contributed by atoms with E-state index in [1.165, 1.54) is 30.3 Å². The highest BCUT2D eigenvalue weighted by atomic mass is 35.5. The summed E-state index contributed by atoms with van der Waals surface area (Å²) in [6.07, 6.45) is 0. The minimum atomic E-state index is -0.595. The molecule has 0 saturated heterocycles. The van der Waals surface area contributed by atoms with E-state index in [9.17, 15) is 14.3 Å². The lowest BCUT2D eigenvalue weighted by Crippen LogP contribution is -2.13. The summed E-state index contributed by atoms with van der Waals surface area (Å²) in [5.74, 6) is -0.882. The van der Waals surface area contributed by atoms with E-state index < -0.39 is 5.82 Å². The van der Waals surface area contributed by atoms with Crippen LogP contribution in [0.3, 0.4) is 0 Å². The number of aryl methyl sites for hydroxylation is 1. The first-order valence-electron chi connectivity index (χ1n) is 5.53. The van der Waals surface area contributed by atoms with E-state index in [0.29, 0.717) is 16.8 Å². The molecule has 0 unspecified atom stereocenters. The largest absolute Gasteiger partial charge is 0.508 e. The molecule has 0 heterocycles. The molecule has 0 aliphatic carbocycles. The van der Waals surface area contributed by atoms with E-state index in [2.05, 4.69) is 5.32 Å². The van der Waals surface area contributed by atoms with Gasteiger partial charge < -0.3 is 10.4 Å². The number of phenolic OH excluding ortho intramolecular Hbond substituents is 1. The molecule has 2 aromatic carbocycles. The van der Waals surface area contributed by atoms with Crippen LogP contribution in [0.2, 0.25) is 5.02 Å². The number of carbonyl (C=O) groups excluding carboxylic acids is 1. The number of rotatable bonds is 2. The van der Waals surface area contributed by atoms with E-state index >= 15 is 0 Å². The molecule has 19 heavy (non-hydrogen) atoms. The zero-order chi connectivity index (χ0) is 14.0. The van der Waals surface area contributed by atoms with Crippen LogP contribution in [0.1, 0.15) is 15.9 Å². The van der Waals surface area contributed by atoms with E-state index in [-0.39, 0.29) is 16.7 Å². The average Bonchev–Trinajstić information content (AvgIpc) is 2.33. The number of carbonyl (C=O) groups is 1. The second-order valence-corrected chi connectivity index (χ2v) is 4.49. The monoisotopic (exact) mass is 279 g/mol. The highest BCUT2D eigenvalue weighted by Crippen LogP contribution is 2.21. The molecule has 1 amide bonds. The van der Waals surface area contributed by atoms with E-state index in [0.717, 1.165) is 6.07 Å². The maximum atomic E-state index is 13.2. The number of hydrogen-bond acceptors (Lipinski definition) is 2. The van der Waals surface area contributed by atoms with Crippen LogP contribution in [0.15, 0.2) is 36.4 Å². The van der Waals surface area contributed by atoms with E-state index in [1.807, 2.05) is 0 Å². The number of amides is 1. The fourth-order valence-corrected chi connectivity index (χ4v) is 1.79. The summed E-state index contributed by atoms with van der Waals surface area (Å²) in [7, 11) is 0. The number of hydrogen-bond donors (Lipinski definition) is 2. The Bertz CT molecular complexity index is 643. The predicted octanol–water partition coefficient (Wildman–Crippen LogP) is 3.75. The number of halogens is 2. The Morgan fingerprint density at radius 2 is 2.00 bits per heavy atom. The summed E-state index contributed by atoms with van der Waals surface area (Å²) in [6.45, 7) is 1.71. The van der Waals surface area contributed by atoms with Gasteiger partial charge in [0.2, 0.25) is 0 Å². The highest BCUT2D eigenvalue weighted by Gasteiger charge is 2.10. The molecule has 0 aromatic heterocycles. The van der Waals surface area contributed by atoms with Crippen LogP contribution in [-0.2, 0) is 0 Å². The molecule has 0 atom stereocenters. The molecule has 0 aliphatic heterocycles. The first kappa shape index (κ1) is 13.4. The number of anilines is 1. The van der Waals surface area contributed by atoms with Crippen molar-refractivity contribution in [1.82, 2.24) is 0 Å². The van der Waals surface area contributed by atoms with Gasteiger partial charge >= 0.3 is 0 Å². The normalized spacial score (nSPS) is 10.3. The molecule has 0 aliphatic rings. The molecule has 2 N–H and O–H groups in total. The maximum absolute atomic E-state index is 13.2. The van der Waals surface area contributed by atoms with Gasteiger partial charge in [-0.2, -0.15) is 0 Å². The van der Waals surface area contributed by atoms with Crippen molar-refractivity contribution < 1.29 is 14.3 Å². The van der Waals surface area contributed by atoms with Crippen molar-refractivity contribution in [2.75, 3.05) is 5.32 Å². The van der Waals surface area contributed by atoms with Gasteiger partial charge in [-0.05, 0) is 48.9 Å². The summed E-state index contributed by atoms with van der Waals surface area (Å²) in [6, 6.07) is 8.44. The lowest BCUT2D eigenvalue weighted by Gasteiger charge is -2.08. The quantitative estimate of drug-likeness (QED) is 0.880. The lowest BCUT2D eigenvalue weighted by molar-refractivity contribution is 0.102. The van der Waals surface area contributed by atoms with Crippen molar-refractivity contribution in [3.05, 3.63) is 58.4 Å². The van der Waals surface area contributed by atoms with Crippen LogP contribution in [0, 0.1) is 12.7 Å². The van der Waals surface area contributed by atoms with Gasteiger partial charge in [0.05, 0.1) is 5.02 Å². The smallest absolute Gasteiger partial charge is 0.255 e. The third-order valence-corrected chi connectivity index (χ3v) is 2.94. The zero-order valence-corrected chi connectivity index (χ0v) is 10.8. The Kier molecular flexibility index (Phi) is 3.71. The fraction of sp³-hybridized carbons (Fsp3) is 0.0714. The van der Waals surface area contributed by atoms with Gasteiger partial charge in [-0.1, -0.05) is 11.6 Å². The van der Waals surface area contributed by atoms with Gasteiger partial charge in [0.25, 0.3) is 5.91 Å². The molecule has 2 aromatic rings. The van der Waals surface area contributed by atoms with Gasteiger partial charge in [-0.25, -0.2) is 4.39 Å². The number of nitrogens with one attached hydrogen (secondary N) is 1. The second-order valence-electron chi connectivity index (χ2n) is 4.08. The molecule has 98 valence electrons. The van der Waals surface area contributed by atoms with Gasteiger partial charge in [-0.15, -0.1) is 0 Å². The molecule has 3 nitrogen and oxygen atoms in total. The van der Waals surface area contributed by atoms with Crippen LogP contribution in [0.4, 0.5) is 10.1 Å². The molecular weight excluding hydrogens is 269 g/mol. The third kappa shape index (κ3) is 3.03. The summed E-state index contributed by atoms with van der Waals surface area (Å²) in [4.78, 5) is 12.0. The highest BCUT2D eigenvalue weighted by molar-refractivity contribution is 6.30. The maximum Gasteiger partial charge on any atom is 0.255 e. The topological polar surface area (TPSA) is 49.3 Å². The SMILES string of the molecule is Cc1cc(O)ccc1C(=O)Nc1ccc(Cl)c(F)c1. The Hall–Kier alpha value is -2.07.